The van der Waals surface area contributed by atoms with E-state index in [9.17, 15) is 4.79 Å². The number of nitrogens with one attached hydrogen (secondary N) is 1. The van der Waals surface area contributed by atoms with Crippen LogP contribution in [-0.2, 0) is 13.5 Å². The number of urea groups is 1. The molecule has 2 aliphatic rings. The van der Waals surface area contributed by atoms with Crippen molar-refractivity contribution < 1.29 is 4.79 Å². The highest BCUT2D eigenvalue weighted by atomic mass is 16.2. The van der Waals surface area contributed by atoms with Gasteiger partial charge >= 0.3 is 6.03 Å². The fourth-order valence-corrected chi connectivity index (χ4v) is 5.06. The Balaban J connectivity index is 1.34. The Labute approximate surface area is 161 Å². The predicted octanol–water partition coefficient (Wildman–Crippen LogP) is 3.70. The number of benzene rings is 1. The number of rotatable bonds is 4. The molecular formula is C22H30N4O. The second-order valence-corrected chi connectivity index (χ2v) is 8.25. The average molecular weight is 367 g/mol. The molecule has 1 aromatic heterocycles. The monoisotopic (exact) mass is 366 g/mol. The molecule has 144 valence electrons. The number of fused-ring (bicyclic) bond motifs is 2. The summed E-state index contributed by atoms with van der Waals surface area (Å²) in [6.45, 7) is 4.96. The van der Waals surface area contributed by atoms with Crippen molar-refractivity contribution in [2.75, 3.05) is 6.54 Å². The number of piperidine rings is 1. The minimum absolute atomic E-state index is 0.121. The Morgan fingerprint density at radius 2 is 1.93 bits per heavy atom. The van der Waals surface area contributed by atoms with Gasteiger partial charge in [0, 0.05) is 43.5 Å². The number of carbonyl (C=O) groups is 1. The Kier molecular flexibility index (Phi) is 4.94. The summed E-state index contributed by atoms with van der Waals surface area (Å²) in [6, 6.07) is 9.52. The zero-order valence-electron chi connectivity index (χ0n) is 16.6. The molecule has 2 aromatic rings. The molecule has 2 amide bonds. The average Bonchev–Trinajstić information content (AvgIpc) is 3.17. The second kappa shape index (κ2) is 7.37. The smallest absolute Gasteiger partial charge is 0.317 e. The van der Waals surface area contributed by atoms with Crippen molar-refractivity contribution in [3.63, 3.8) is 0 Å². The molecule has 0 radical (unpaired) electrons. The van der Waals surface area contributed by atoms with Crippen LogP contribution < -0.4 is 5.32 Å². The summed E-state index contributed by atoms with van der Waals surface area (Å²) < 4.78 is 1.99. The van der Waals surface area contributed by atoms with Gasteiger partial charge in [0.1, 0.15) is 0 Å². The van der Waals surface area contributed by atoms with Gasteiger partial charge in [-0.1, -0.05) is 23.8 Å². The summed E-state index contributed by atoms with van der Waals surface area (Å²) in [6.07, 6.45) is 7.14. The van der Waals surface area contributed by atoms with E-state index in [1.807, 2.05) is 17.9 Å². The first kappa shape index (κ1) is 18.1. The van der Waals surface area contributed by atoms with E-state index in [-0.39, 0.29) is 6.03 Å². The van der Waals surface area contributed by atoms with Gasteiger partial charge in [-0.05, 0) is 63.1 Å². The molecule has 0 spiro atoms. The van der Waals surface area contributed by atoms with Gasteiger partial charge in [0.15, 0.2) is 0 Å². The minimum atomic E-state index is 0.121. The van der Waals surface area contributed by atoms with Crippen LogP contribution in [0.25, 0.3) is 0 Å². The van der Waals surface area contributed by atoms with Crippen LogP contribution in [0.1, 0.15) is 54.0 Å². The van der Waals surface area contributed by atoms with Crippen LogP contribution in [-0.4, -0.2) is 39.3 Å². The van der Waals surface area contributed by atoms with Gasteiger partial charge < -0.3 is 10.2 Å². The topological polar surface area (TPSA) is 50.2 Å². The fourth-order valence-electron chi connectivity index (χ4n) is 5.06. The van der Waals surface area contributed by atoms with E-state index in [0.717, 1.165) is 32.1 Å². The molecule has 2 bridgehead atoms. The van der Waals surface area contributed by atoms with Crippen molar-refractivity contribution in [2.45, 2.75) is 64.0 Å². The number of hydrogen-bond donors (Lipinski definition) is 1. The van der Waals surface area contributed by atoms with Gasteiger partial charge in [0.05, 0.1) is 0 Å². The zero-order chi connectivity index (χ0) is 19.0. The normalized spacial score (nSPS) is 24.3. The third kappa shape index (κ3) is 3.60. The highest BCUT2D eigenvalue weighted by molar-refractivity contribution is 5.75. The number of aryl methyl sites for hydroxylation is 3. The third-order valence-corrected chi connectivity index (χ3v) is 6.41. The Hall–Kier alpha value is -2.30. The molecule has 2 saturated heterocycles. The van der Waals surface area contributed by atoms with Crippen LogP contribution >= 0.6 is 0 Å². The zero-order valence-corrected chi connectivity index (χ0v) is 16.6. The predicted molar refractivity (Wildman–Crippen MR) is 107 cm³/mol. The lowest BCUT2D eigenvalue weighted by Gasteiger charge is -2.39. The quantitative estimate of drug-likeness (QED) is 0.897. The highest BCUT2D eigenvalue weighted by Crippen LogP contribution is 2.42. The van der Waals surface area contributed by atoms with Crippen molar-refractivity contribution in [1.29, 1.82) is 0 Å². The summed E-state index contributed by atoms with van der Waals surface area (Å²) in [4.78, 5) is 15.0. The third-order valence-electron chi connectivity index (χ3n) is 6.41. The maximum absolute atomic E-state index is 12.8. The van der Waals surface area contributed by atoms with Crippen molar-refractivity contribution in [2.24, 2.45) is 7.05 Å². The Bertz CT molecular complexity index is 813. The Morgan fingerprint density at radius 1 is 1.19 bits per heavy atom. The maximum atomic E-state index is 12.8. The van der Waals surface area contributed by atoms with Gasteiger partial charge in [-0.25, -0.2) is 4.79 Å². The molecule has 3 heterocycles. The first-order valence-electron chi connectivity index (χ1n) is 10.1. The summed E-state index contributed by atoms with van der Waals surface area (Å²) in [7, 11) is 2.02. The van der Waals surface area contributed by atoms with Crippen LogP contribution in [0.3, 0.4) is 0 Å². The lowest BCUT2D eigenvalue weighted by atomic mass is 9.88. The molecule has 2 atom stereocenters. The van der Waals surface area contributed by atoms with Gasteiger partial charge in [-0.15, -0.1) is 0 Å². The van der Waals surface area contributed by atoms with Crippen LogP contribution in [0.2, 0.25) is 0 Å². The van der Waals surface area contributed by atoms with Crippen molar-refractivity contribution >= 4 is 6.03 Å². The molecule has 0 saturated carbocycles. The molecule has 1 N–H and O–H groups in total. The molecule has 0 aliphatic carbocycles. The molecule has 1 aromatic carbocycles. The maximum Gasteiger partial charge on any atom is 0.317 e. The minimum Gasteiger partial charge on any atom is -0.338 e. The molecule has 27 heavy (non-hydrogen) atoms. The molecule has 5 heteroatoms. The summed E-state index contributed by atoms with van der Waals surface area (Å²) in [5, 5.41) is 7.50. The number of carbonyl (C=O) groups excluding carboxylic acids is 1. The number of hydrogen-bond acceptors (Lipinski definition) is 2. The lowest BCUT2D eigenvalue weighted by molar-refractivity contribution is 0.137. The standard InChI is InChI=1S/C22H30N4O/c1-15-4-5-17(16(2)12-15)8-10-23-22(27)26-19-6-7-20(26)14-18(13-19)21-9-11-24-25(21)3/h4-5,9,11-12,18-20H,6-8,10,13-14H2,1-3H3,(H,23,27). The van der Waals surface area contributed by atoms with E-state index in [4.69, 9.17) is 0 Å². The molecular weight excluding hydrogens is 336 g/mol. The first-order valence-corrected chi connectivity index (χ1v) is 10.1. The lowest BCUT2D eigenvalue weighted by Crippen LogP contribution is -2.50. The number of nitrogens with zero attached hydrogens (tertiary/aromatic N) is 3. The van der Waals surface area contributed by atoms with Crippen LogP contribution in [0.5, 0.6) is 0 Å². The van der Waals surface area contributed by atoms with Gasteiger partial charge in [-0.2, -0.15) is 5.10 Å². The van der Waals surface area contributed by atoms with Gasteiger partial charge in [0.2, 0.25) is 0 Å². The highest BCUT2D eigenvalue weighted by Gasteiger charge is 2.44. The largest absolute Gasteiger partial charge is 0.338 e. The summed E-state index contributed by atoms with van der Waals surface area (Å²) in [5.74, 6) is 0.522. The molecule has 5 nitrogen and oxygen atoms in total. The molecule has 2 unspecified atom stereocenters. The van der Waals surface area contributed by atoms with Crippen molar-refractivity contribution in [3.05, 3.63) is 52.8 Å². The van der Waals surface area contributed by atoms with E-state index in [1.54, 1.807) is 0 Å². The van der Waals surface area contributed by atoms with Crippen LogP contribution in [0, 0.1) is 13.8 Å². The fraction of sp³-hybridized carbons (Fsp3) is 0.545. The molecule has 2 aliphatic heterocycles. The SMILES string of the molecule is Cc1ccc(CCNC(=O)N2C3CCC2CC(c2ccnn2C)C3)c(C)c1. The van der Waals surface area contributed by atoms with E-state index in [0.29, 0.717) is 24.5 Å². The van der Waals surface area contributed by atoms with Crippen LogP contribution in [0.15, 0.2) is 30.5 Å². The summed E-state index contributed by atoms with van der Waals surface area (Å²) >= 11 is 0. The Morgan fingerprint density at radius 3 is 2.56 bits per heavy atom. The van der Waals surface area contributed by atoms with E-state index < -0.39 is 0 Å². The number of amides is 2. The summed E-state index contributed by atoms with van der Waals surface area (Å²) in [5.41, 5.74) is 5.22. The first-order chi connectivity index (χ1) is 13.0. The van der Waals surface area contributed by atoms with Gasteiger partial charge in [-0.3, -0.25) is 4.68 Å². The van der Waals surface area contributed by atoms with Crippen LogP contribution in [0.4, 0.5) is 4.79 Å². The molecule has 4 rings (SSSR count). The van der Waals surface area contributed by atoms with E-state index >= 15 is 0 Å². The van der Waals surface area contributed by atoms with Crippen molar-refractivity contribution in [3.8, 4) is 0 Å². The van der Waals surface area contributed by atoms with Gasteiger partial charge in [0.25, 0.3) is 0 Å². The van der Waals surface area contributed by atoms with Crippen molar-refractivity contribution in [1.82, 2.24) is 20.0 Å². The second-order valence-electron chi connectivity index (χ2n) is 8.25. The molecule has 2 fully saturated rings. The van der Waals surface area contributed by atoms with E-state index in [2.05, 4.69) is 53.4 Å². The number of aromatic nitrogens is 2. The van der Waals surface area contributed by atoms with E-state index in [1.165, 1.54) is 22.4 Å².